The number of carbonyl (C=O) groups is 2. The quantitative estimate of drug-likeness (QED) is 0.709. The highest BCUT2D eigenvalue weighted by molar-refractivity contribution is 7.90. The summed E-state index contributed by atoms with van der Waals surface area (Å²) in [4.78, 5) is 22.9. The first-order valence-corrected chi connectivity index (χ1v) is 7.09. The number of nitrogens with zero attached hydrogens (tertiary/aromatic N) is 1. The molecule has 1 atom stereocenters. The van der Waals surface area contributed by atoms with Crippen LogP contribution in [0.25, 0.3) is 0 Å². The Balaban J connectivity index is 2.89. The molecule has 0 aromatic carbocycles. The second-order valence-electron chi connectivity index (χ2n) is 3.74. The van der Waals surface area contributed by atoms with Crippen molar-refractivity contribution >= 4 is 28.1 Å². The lowest BCUT2D eigenvalue weighted by atomic mass is 10.2. The van der Waals surface area contributed by atoms with E-state index in [1.807, 2.05) is 0 Å². The van der Waals surface area contributed by atoms with Gasteiger partial charge in [-0.25, -0.2) is 13.2 Å². The number of hydrogen-bond acceptors (Lipinski definition) is 5. The summed E-state index contributed by atoms with van der Waals surface area (Å²) in [5.41, 5.74) is 0. The van der Waals surface area contributed by atoms with Crippen LogP contribution in [0.15, 0.2) is 22.8 Å². The molecule has 7 nitrogen and oxygen atoms in total. The molecule has 0 fully saturated rings. The molecule has 1 amide bonds. The fourth-order valence-electron chi connectivity index (χ4n) is 1.40. The maximum Gasteiger partial charge on any atom is 0.326 e. The van der Waals surface area contributed by atoms with Crippen molar-refractivity contribution in [2.75, 3.05) is 16.9 Å². The van der Waals surface area contributed by atoms with Gasteiger partial charge >= 0.3 is 5.97 Å². The van der Waals surface area contributed by atoms with E-state index in [2.05, 4.69) is 0 Å². The molecule has 1 N–H and O–H groups in total. The van der Waals surface area contributed by atoms with Crippen LogP contribution in [0.5, 0.6) is 0 Å². The fourth-order valence-corrected chi connectivity index (χ4v) is 2.05. The molecule has 0 spiro atoms. The predicted octanol–water partition coefficient (Wildman–Crippen LogP) is 0.130. The van der Waals surface area contributed by atoms with Gasteiger partial charge in [0.05, 0.1) is 12.0 Å². The maximum atomic E-state index is 11.1. The molecule has 0 aliphatic rings. The van der Waals surface area contributed by atoms with E-state index in [0.717, 1.165) is 11.2 Å². The molecule has 1 aromatic rings. The molecule has 1 aromatic heterocycles. The van der Waals surface area contributed by atoms with Crippen molar-refractivity contribution in [3.63, 3.8) is 0 Å². The van der Waals surface area contributed by atoms with Crippen molar-refractivity contribution in [1.82, 2.24) is 0 Å². The minimum Gasteiger partial charge on any atom is -0.480 e. The second-order valence-corrected chi connectivity index (χ2v) is 6.00. The number of carbonyl (C=O) groups excluding carboxylic acids is 1. The summed E-state index contributed by atoms with van der Waals surface area (Å²) >= 11 is 0. The number of carboxylic acids is 1. The minimum absolute atomic E-state index is 0.0610. The van der Waals surface area contributed by atoms with Crippen molar-refractivity contribution in [2.45, 2.75) is 12.5 Å². The second kappa shape index (κ2) is 5.67. The number of furan rings is 1. The van der Waals surface area contributed by atoms with Crippen LogP contribution in [0, 0.1) is 0 Å². The molecule has 8 heteroatoms. The molecule has 100 valence electrons. The third-order valence-electron chi connectivity index (χ3n) is 2.26. The molecule has 0 aliphatic carbocycles. The van der Waals surface area contributed by atoms with Gasteiger partial charge in [-0.05, 0) is 12.5 Å². The van der Waals surface area contributed by atoms with Gasteiger partial charge < -0.3 is 9.52 Å². The van der Waals surface area contributed by atoms with Crippen LogP contribution in [0.1, 0.15) is 6.42 Å². The van der Waals surface area contributed by atoms with Gasteiger partial charge in [-0.1, -0.05) is 0 Å². The Bertz CT molecular complexity index is 506. The Labute approximate surface area is 104 Å². The SMILES string of the molecule is CS(=O)(=O)CCC(C(=O)O)N(C=O)c1ccco1. The Hall–Kier alpha value is -1.83. The third-order valence-corrected chi connectivity index (χ3v) is 3.23. The molecule has 0 saturated carbocycles. The predicted molar refractivity (Wildman–Crippen MR) is 63.0 cm³/mol. The first kappa shape index (κ1) is 14.2. The summed E-state index contributed by atoms with van der Waals surface area (Å²) in [6, 6.07) is 1.65. The number of amides is 1. The normalized spacial score (nSPS) is 12.9. The van der Waals surface area contributed by atoms with Gasteiger partial charge in [0, 0.05) is 12.3 Å². The topological polar surface area (TPSA) is 105 Å². The first-order chi connectivity index (χ1) is 8.35. The standard InChI is InChI=1S/C10H13NO6S/c1-18(15,16)6-4-8(10(13)14)11(7-12)9-3-2-5-17-9/h2-3,5,7-8H,4,6H2,1H3,(H,13,14). The third kappa shape index (κ3) is 3.88. The monoisotopic (exact) mass is 275 g/mol. The van der Waals surface area contributed by atoms with E-state index in [9.17, 15) is 18.0 Å². The van der Waals surface area contributed by atoms with Crippen molar-refractivity contribution in [3.8, 4) is 0 Å². The number of hydrogen-bond donors (Lipinski definition) is 1. The molecule has 1 unspecified atom stereocenters. The zero-order chi connectivity index (χ0) is 13.8. The van der Waals surface area contributed by atoms with Crippen LogP contribution in [0.4, 0.5) is 5.88 Å². The molecule has 1 heterocycles. The van der Waals surface area contributed by atoms with Gasteiger partial charge in [0.2, 0.25) is 12.3 Å². The molecule has 0 aliphatic heterocycles. The van der Waals surface area contributed by atoms with E-state index >= 15 is 0 Å². The summed E-state index contributed by atoms with van der Waals surface area (Å²) < 4.78 is 27.0. The number of sulfone groups is 1. The van der Waals surface area contributed by atoms with Crippen molar-refractivity contribution < 1.29 is 27.5 Å². The zero-order valence-corrected chi connectivity index (χ0v) is 10.5. The maximum absolute atomic E-state index is 11.1. The van der Waals surface area contributed by atoms with Crippen LogP contribution < -0.4 is 4.90 Å². The molecule has 0 radical (unpaired) electrons. The van der Waals surface area contributed by atoms with Gasteiger partial charge in [-0.15, -0.1) is 0 Å². The molecular formula is C10H13NO6S. The van der Waals surface area contributed by atoms with Gasteiger partial charge in [0.1, 0.15) is 15.9 Å². The van der Waals surface area contributed by atoms with E-state index in [1.54, 1.807) is 0 Å². The molecule has 1 rings (SSSR count). The average molecular weight is 275 g/mol. The number of anilines is 1. The minimum atomic E-state index is -3.30. The fraction of sp³-hybridized carbons (Fsp3) is 0.400. The largest absolute Gasteiger partial charge is 0.480 e. The molecule has 0 bridgehead atoms. The summed E-state index contributed by atoms with van der Waals surface area (Å²) in [6.07, 6.45) is 2.40. The molecule has 18 heavy (non-hydrogen) atoms. The molecule has 0 saturated heterocycles. The lowest BCUT2D eigenvalue weighted by Crippen LogP contribution is -2.41. The average Bonchev–Trinajstić information content (AvgIpc) is 2.75. The Morgan fingerprint density at radius 3 is 2.67 bits per heavy atom. The number of carboxylic acid groups (broad SMARTS) is 1. The highest BCUT2D eigenvalue weighted by Gasteiger charge is 2.28. The van der Waals surface area contributed by atoms with Crippen LogP contribution in [0.2, 0.25) is 0 Å². The van der Waals surface area contributed by atoms with E-state index in [-0.39, 0.29) is 18.1 Å². The summed E-state index contributed by atoms with van der Waals surface area (Å²) in [6.45, 7) is 0. The van der Waals surface area contributed by atoms with Gasteiger partial charge in [-0.3, -0.25) is 9.69 Å². The lowest BCUT2D eigenvalue weighted by Gasteiger charge is -2.22. The summed E-state index contributed by atoms with van der Waals surface area (Å²) in [5.74, 6) is -1.55. The van der Waals surface area contributed by atoms with E-state index in [0.29, 0.717) is 6.41 Å². The van der Waals surface area contributed by atoms with E-state index in [4.69, 9.17) is 9.52 Å². The van der Waals surface area contributed by atoms with Crippen molar-refractivity contribution in [1.29, 1.82) is 0 Å². The number of aliphatic carboxylic acids is 1. The van der Waals surface area contributed by atoms with Crippen molar-refractivity contribution in [2.24, 2.45) is 0 Å². The Morgan fingerprint density at radius 2 is 2.28 bits per heavy atom. The van der Waals surface area contributed by atoms with Crippen LogP contribution >= 0.6 is 0 Å². The Kier molecular flexibility index (Phi) is 4.49. The van der Waals surface area contributed by atoms with Gasteiger partial charge in [0.15, 0.2) is 0 Å². The number of rotatable bonds is 7. The van der Waals surface area contributed by atoms with Crippen LogP contribution in [-0.2, 0) is 19.4 Å². The van der Waals surface area contributed by atoms with Gasteiger partial charge in [0.25, 0.3) is 0 Å². The Morgan fingerprint density at radius 1 is 1.61 bits per heavy atom. The highest BCUT2D eigenvalue weighted by atomic mass is 32.2. The first-order valence-electron chi connectivity index (χ1n) is 5.03. The smallest absolute Gasteiger partial charge is 0.326 e. The highest BCUT2D eigenvalue weighted by Crippen LogP contribution is 2.18. The van der Waals surface area contributed by atoms with E-state index < -0.39 is 21.8 Å². The molecular weight excluding hydrogens is 262 g/mol. The zero-order valence-electron chi connectivity index (χ0n) is 9.64. The lowest BCUT2D eigenvalue weighted by molar-refractivity contribution is -0.139. The summed E-state index contributed by atoms with van der Waals surface area (Å²) in [5, 5.41) is 9.03. The summed E-state index contributed by atoms with van der Waals surface area (Å²) in [7, 11) is -3.30. The van der Waals surface area contributed by atoms with Crippen LogP contribution in [-0.4, -0.2) is 44.0 Å². The van der Waals surface area contributed by atoms with Crippen LogP contribution in [0.3, 0.4) is 0 Å². The van der Waals surface area contributed by atoms with E-state index in [1.165, 1.54) is 18.4 Å². The van der Waals surface area contributed by atoms with Gasteiger partial charge in [-0.2, -0.15) is 0 Å². The van der Waals surface area contributed by atoms with Crippen molar-refractivity contribution in [3.05, 3.63) is 18.4 Å².